The second kappa shape index (κ2) is 11.4. The first kappa shape index (κ1) is 24.7. The molecule has 5 aromatic rings. The number of hydrogen-bond donors (Lipinski definition) is 0. The zero-order chi connectivity index (χ0) is 26.4. The smallest absolute Gasteiger partial charge is 0.267 e. The highest BCUT2D eigenvalue weighted by atomic mass is 16.5. The molecule has 1 saturated heterocycles. The van der Waals surface area contributed by atoms with Crippen molar-refractivity contribution in [1.82, 2.24) is 34.4 Å². The van der Waals surface area contributed by atoms with E-state index >= 15 is 0 Å². The Bertz CT molecular complexity index is 1590. The van der Waals surface area contributed by atoms with E-state index in [-0.39, 0.29) is 5.56 Å². The van der Waals surface area contributed by atoms with E-state index in [4.69, 9.17) is 4.74 Å². The summed E-state index contributed by atoms with van der Waals surface area (Å²) in [5, 5.41) is 8.90. The van der Waals surface area contributed by atoms with Crippen molar-refractivity contribution >= 4 is 0 Å². The van der Waals surface area contributed by atoms with E-state index in [0.717, 1.165) is 35.3 Å². The highest BCUT2D eigenvalue weighted by molar-refractivity contribution is 5.62. The van der Waals surface area contributed by atoms with Crippen molar-refractivity contribution in [2.45, 2.75) is 25.9 Å². The van der Waals surface area contributed by atoms with Gasteiger partial charge in [0.05, 0.1) is 19.3 Å². The number of likely N-dealkylation sites (tertiary alicyclic amines) is 1. The summed E-state index contributed by atoms with van der Waals surface area (Å²) in [7, 11) is 0. The van der Waals surface area contributed by atoms with Crippen LogP contribution in [0.2, 0.25) is 0 Å². The van der Waals surface area contributed by atoms with Crippen molar-refractivity contribution in [2.24, 2.45) is 0 Å². The Balaban J connectivity index is 1.14. The Morgan fingerprint density at radius 3 is 2.44 bits per heavy atom. The summed E-state index contributed by atoms with van der Waals surface area (Å²) >= 11 is 0. The van der Waals surface area contributed by atoms with Crippen molar-refractivity contribution in [3.63, 3.8) is 0 Å². The van der Waals surface area contributed by atoms with Crippen molar-refractivity contribution in [2.75, 3.05) is 19.6 Å². The third kappa shape index (κ3) is 6.10. The normalized spacial score (nSPS) is 13.5. The van der Waals surface area contributed by atoms with Gasteiger partial charge in [0.25, 0.3) is 5.56 Å². The first-order valence-electron chi connectivity index (χ1n) is 13.2. The molecule has 4 heterocycles. The Hall–Kier alpha value is -4.63. The van der Waals surface area contributed by atoms with Crippen molar-refractivity contribution in [3.05, 3.63) is 107 Å². The molecule has 0 radical (unpaired) electrons. The van der Waals surface area contributed by atoms with E-state index < -0.39 is 0 Å². The quantitative estimate of drug-likeness (QED) is 0.283. The molecule has 6 rings (SSSR count). The predicted octanol–water partition coefficient (Wildman–Crippen LogP) is 4.50. The first-order chi connectivity index (χ1) is 19.2. The van der Waals surface area contributed by atoms with Crippen LogP contribution in [0.15, 0.2) is 96.3 Å². The zero-order valence-corrected chi connectivity index (χ0v) is 21.6. The molecule has 9 nitrogen and oxygen atoms in total. The maximum atomic E-state index is 12.5. The molecular weight excluding hydrogens is 490 g/mol. The number of aromatic nitrogens is 6. The minimum Gasteiger partial charge on any atom is -0.438 e. The Morgan fingerprint density at radius 1 is 0.795 bits per heavy atom. The molecule has 0 unspecified atom stereocenters. The van der Waals surface area contributed by atoms with E-state index in [9.17, 15) is 4.79 Å². The Morgan fingerprint density at radius 2 is 1.62 bits per heavy atom. The summed E-state index contributed by atoms with van der Waals surface area (Å²) in [5.41, 5.74) is 3.49. The highest BCUT2D eigenvalue weighted by Gasteiger charge is 2.12. The van der Waals surface area contributed by atoms with Crippen LogP contribution in [0.4, 0.5) is 0 Å². The van der Waals surface area contributed by atoms with Crippen molar-refractivity contribution in [3.8, 4) is 34.1 Å². The Labute approximate surface area is 226 Å². The molecule has 1 fully saturated rings. The lowest BCUT2D eigenvalue weighted by Gasteiger charge is -2.13. The number of hydrogen-bond acceptors (Lipinski definition) is 7. The molecule has 0 amide bonds. The van der Waals surface area contributed by atoms with E-state index in [2.05, 4.69) is 31.3 Å². The average Bonchev–Trinajstić information content (AvgIpc) is 3.67. The van der Waals surface area contributed by atoms with Crippen LogP contribution in [-0.2, 0) is 13.1 Å². The lowest BCUT2D eigenvalue weighted by atomic mass is 10.1. The van der Waals surface area contributed by atoms with E-state index in [1.807, 2.05) is 77.9 Å². The minimum absolute atomic E-state index is 0.206. The molecule has 0 N–H and O–H groups in total. The van der Waals surface area contributed by atoms with E-state index in [0.29, 0.717) is 24.0 Å². The van der Waals surface area contributed by atoms with Crippen molar-refractivity contribution in [1.29, 1.82) is 0 Å². The van der Waals surface area contributed by atoms with E-state index in [1.165, 1.54) is 36.7 Å². The van der Waals surface area contributed by atoms with E-state index in [1.54, 1.807) is 6.07 Å². The van der Waals surface area contributed by atoms with Gasteiger partial charge in [0.15, 0.2) is 5.82 Å². The lowest BCUT2D eigenvalue weighted by molar-refractivity contribution is 0.316. The van der Waals surface area contributed by atoms with Crippen LogP contribution in [0.1, 0.15) is 18.4 Å². The minimum atomic E-state index is -0.206. The number of benzene rings is 2. The van der Waals surface area contributed by atoms with Gasteiger partial charge in [-0.2, -0.15) is 5.10 Å². The van der Waals surface area contributed by atoms with Gasteiger partial charge in [0.2, 0.25) is 5.88 Å². The van der Waals surface area contributed by atoms with Gasteiger partial charge < -0.3 is 9.64 Å². The summed E-state index contributed by atoms with van der Waals surface area (Å²) in [4.78, 5) is 24.2. The van der Waals surface area contributed by atoms with Crippen LogP contribution in [0.3, 0.4) is 0 Å². The van der Waals surface area contributed by atoms with Gasteiger partial charge >= 0.3 is 0 Å². The van der Waals surface area contributed by atoms with Crippen LogP contribution in [-0.4, -0.2) is 54.1 Å². The maximum absolute atomic E-state index is 12.5. The third-order valence-corrected chi connectivity index (χ3v) is 6.79. The molecule has 9 heteroatoms. The number of rotatable bonds is 9. The number of nitrogens with zero attached hydrogens (tertiary/aromatic N) is 7. The van der Waals surface area contributed by atoms with Gasteiger partial charge in [-0.15, -0.1) is 5.10 Å². The molecule has 1 aliphatic heterocycles. The third-order valence-electron chi connectivity index (χ3n) is 6.79. The molecule has 0 bridgehead atoms. The topological polar surface area (TPSA) is 91.0 Å². The zero-order valence-electron chi connectivity index (χ0n) is 21.6. The van der Waals surface area contributed by atoms with Crippen LogP contribution >= 0.6 is 0 Å². The average molecular weight is 520 g/mol. The summed E-state index contributed by atoms with van der Waals surface area (Å²) in [5.74, 6) is 1.63. The van der Waals surface area contributed by atoms with Crippen LogP contribution < -0.4 is 10.3 Å². The number of para-hydroxylation sites is 1. The summed E-state index contributed by atoms with van der Waals surface area (Å²) in [6.07, 6.45) is 10.2. The molecule has 196 valence electrons. The van der Waals surface area contributed by atoms with Gasteiger partial charge in [-0.25, -0.2) is 14.6 Å². The monoisotopic (exact) mass is 519 g/mol. The fourth-order valence-corrected chi connectivity index (χ4v) is 4.70. The molecule has 1 aliphatic rings. The van der Waals surface area contributed by atoms with Gasteiger partial charge in [0, 0.05) is 54.0 Å². The summed E-state index contributed by atoms with van der Waals surface area (Å²) in [6, 6.07) is 20.2. The molecule has 0 aliphatic carbocycles. The van der Waals surface area contributed by atoms with Crippen molar-refractivity contribution < 1.29 is 4.74 Å². The predicted molar refractivity (Wildman–Crippen MR) is 148 cm³/mol. The first-order valence-corrected chi connectivity index (χ1v) is 13.2. The van der Waals surface area contributed by atoms with Crippen LogP contribution in [0, 0.1) is 0 Å². The number of ether oxygens (including phenoxy) is 1. The lowest BCUT2D eigenvalue weighted by Crippen LogP contribution is -2.24. The van der Waals surface area contributed by atoms with Gasteiger partial charge in [0.1, 0.15) is 5.75 Å². The molecule has 3 aromatic heterocycles. The maximum Gasteiger partial charge on any atom is 0.267 e. The molecule has 0 atom stereocenters. The molecule has 0 spiro atoms. The Kier molecular flexibility index (Phi) is 7.22. The standard InChI is InChI=1S/C30H29N7O2/c38-29-12-11-28(39-27-9-2-1-3-10-27)34-37(29)21-23-7-6-8-24(17-23)30-31-18-25(19-32-30)26-20-33-36(22-26)16-15-35-13-4-5-14-35/h1-3,6-12,17-20,22H,4-5,13-16,21H2. The fraction of sp³-hybridized carbons (Fsp3) is 0.233. The second-order valence-corrected chi connectivity index (χ2v) is 9.62. The molecule has 2 aromatic carbocycles. The van der Waals surface area contributed by atoms with Gasteiger partial charge in [-0.1, -0.05) is 36.4 Å². The molecule has 39 heavy (non-hydrogen) atoms. The second-order valence-electron chi connectivity index (χ2n) is 9.62. The molecule has 0 saturated carbocycles. The fourth-order valence-electron chi connectivity index (χ4n) is 4.70. The highest BCUT2D eigenvalue weighted by Crippen LogP contribution is 2.22. The van der Waals surface area contributed by atoms with Crippen LogP contribution in [0.5, 0.6) is 11.6 Å². The summed E-state index contributed by atoms with van der Waals surface area (Å²) < 4.78 is 9.17. The van der Waals surface area contributed by atoms with Gasteiger partial charge in [-0.05, 0) is 49.7 Å². The molecular formula is C30H29N7O2. The van der Waals surface area contributed by atoms with Crippen LogP contribution in [0.25, 0.3) is 22.5 Å². The largest absolute Gasteiger partial charge is 0.438 e. The van der Waals surface area contributed by atoms with Gasteiger partial charge in [-0.3, -0.25) is 9.48 Å². The SMILES string of the molecule is O=c1ccc(Oc2ccccc2)nn1Cc1cccc(-c2ncc(-c3cnn(CCN4CCCC4)c3)cn2)c1. The summed E-state index contributed by atoms with van der Waals surface area (Å²) in [6.45, 7) is 4.58.